The van der Waals surface area contributed by atoms with Gasteiger partial charge in [0.05, 0.1) is 12.8 Å². The molecule has 0 aliphatic heterocycles. The van der Waals surface area contributed by atoms with E-state index in [9.17, 15) is 9.90 Å². The van der Waals surface area contributed by atoms with E-state index in [4.69, 9.17) is 13.9 Å². The van der Waals surface area contributed by atoms with E-state index in [1.165, 1.54) is 0 Å². The first-order valence-electron chi connectivity index (χ1n) is 8.28. The van der Waals surface area contributed by atoms with Crippen molar-refractivity contribution in [1.29, 1.82) is 0 Å². The maximum atomic E-state index is 12.2. The number of oxazole rings is 1. The van der Waals surface area contributed by atoms with Gasteiger partial charge in [-0.05, 0) is 24.6 Å². The maximum Gasteiger partial charge on any atom is 0.394 e. The van der Waals surface area contributed by atoms with E-state index in [2.05, 4.69) is 4.98 Å². The molecule has 26 heavy (non-hydrogen) atoms. The normalized spacial score (nSPS) is 11.7. The molecule has 3 rings (SSSR count). The third kappa shape index (κ3) is 4.42. The van der Waals surface area contributed by atoms with E-state index in [0.29, 0.717) is 5.76 Å². The topological polar surface area (TPSA) is 81.8 Å². The number of hydrogen-bond acceptors (Lipinski definition) is 6. The lowest BCUT2D eigenvalue weighted by Gasteiger charge is -2.15. The molecule has 0 radical (unpaired) electrons. The number of benzene rings is 2. The number of esters is 1. The van der Waals surface area contributed by atoms with Crippen molar-refractivity contribution in [3.63, 3.8) is 0 Å². The summed E-state index contributed by atoms with van der Waals surface area (Å²) in [6.45, 7) is 1.98. The molecule has 1 N–H and O–H groups in total. The van der Waals surface area contributed by atoms with Gasteiger partial charge in [0.25, 0.3) is 0 Å². The lowest BCUT2D eigenvalue weighted by Crippen LogP contribution is -2.31. The van der Waals surface area contributed by atoms with E-state index in [1.807, 2.05) is 30.3 Å². The highest BCUT2D eigenvalue weighted by molar-refractivity contribution is 5.75. The van der Waals surface area contributed by atoms with Crippen molar-refractivity contribution in [3.05, 3.63) is 66.4 Å². The predicted octanol–water partition coefficient (Wildman–Crippen LogP) is 3.60. The number of hydrogen-bond donors (Lipinski definition) is 1. The van der Waals surface area contributed by atoms with Crippen LogP contribution < -0.4 is 4.74 Å². The Bertz CT molecular complexity index is 842. The average Bonchev–Trinajstić information content (AvgIpc) is 3.12. The second-order valence-electron chi connectivity index (χ2n) is 5.59. The summed E-state index contributed by atoms with van der Waals surface area (Å²) < 4.78 is 16.3. The van der Waals surface area contributed by atoms with Crippen LogP contribution in [0.2, 0.25) is 0 Å². The molecule has 1 unspecified atom stereocenters. The summed E-state index contributed by atoms with van der Waals surface area (Å²) in [6, 6.07) is 16.0. The van der Waals surface area contributed by atoms with Gasteiger partial charge in [0.2, 0.25) is 6.10 Å². The lowest BCUT2D eigenvalue weighted by atomic mass is 10.1. The molecule has 6 heteroatoms. The van der Waals surface area contributed by atoms with Gasteiger partial charge in [0.1, 0.15) is 5.75 Å². The molecule has 0 spiro atoms. The van der Waals surface area contributed by atoms with Gasteiger partial charge in [0, 0.05) is 12.0 Å². The molecule has 6 nitrogen and oxygen atoms in total. The van der Waals surface area contributed by atoms with Gasteiger partial charge in [-0.25, -0.2) is 4.79 Å². The van der Waals surface area contributed by atoms with E-state index < -0.39 is 12.1 Å². The molecule has 0 saturated carbocycles. The number of aromatic hydroxyl groups is 1. The Labute approximate surface area is 151 Å². The number of aromatic nitrogens is 1. The minimum absolute atomic E-state index is 0.000634. The Balaban J connectivity index is 1.76. The molecular weight excluding hydrogens is 334 g/mol. The first kappa shape index (κ1) is 17.5. The van der Waals surface area contributed by atoms with Gasteiger partial charge in [-0.15, -0.1) is 0 Å². The van der Waals surface area contributed by atoms with Crippen molar-refractivity contribution in [1.82, 2.24) is 4.98 Å². The second kappa shape index (κ2) is 8.20. The molecule has 1 atom stereocenters. The Hall–Kier alpha value is -3.28. The summed E-state index contributed by atoms with van der Waals surface area (Å²) >= 11 is 0. The first-order chi connectivity index (χ1) is 12.7. The smallest absolute Gasteiger partial charge is 0.394 e. The molecule has 0 aliphatic rings. The number of carbonyl (C=O) groups excluding carboxylic acids is 1. The van der Waals surface area contributed by atoms with Gasteiger partial charge < -0.3 is 19.0 Å². The Morgan fingerprint density at radius 3 is 2.58 bits per heavy atom. The number of phenols is 1. The summed E-state index contributed by atoms with van der Waals surface area (Å²) in [5.41, 5.74) is 1.68. The second-order valence-corrected chi connectivity index (χ2v) is 5.59. The first-order valence-corrected chi connectivity index (χ1v) is 8.28. The highest BCUT2D eigenvalue weighted by Gasteiger charge is 2.25. The lowest BCUT2D eigenvalue weighted by molar-refractivity contribution is -0.152. The number of carbonyl (C=O) groups is 1. The molecule has 0 saturated heterocycles. The average molecular weight is 353 g/mol. The molecule has 1 aromatic heterocycles. The number of phenolic OH excluding ortho intramolecular Hbond substituents is 1. The number of rotatable bonds is 7. The minimum Gasteiger partial charge on any atom is -0.508 e. The standard InChI is InChI=1S/C20H19NO5/c1-2-24-19(23)17(12-14-8-10-16(22)11-9-14)25-20-21-13-18(26-20)15-6-4-3-5-7-15/h3-11,13,17,22H,2,12H2,1H3. The fraction of sp³-hybridized carbons (Fsp3) is 0.200. The van der Waals surface area contributed by atoms with Crippen LogP contribution in [0.3, 0.4) is 0 Å². The van der Waals surface area contributed by atoms with Crippen LogP contribution in [-0.4, -0.2) is 28.8 Å². The zero-order valence-corrected chi connectivity index (χ0v) is 14.3. The van der Waals surface area contributed by atoms with E-state index in [1.54, 1.807) is 37.4 Å². The Kier molecular flexibility index (Phi) is 5.53. The fourth-order valence-corrected chi connectivity index (χ4v) is 2.42. The van der Waals surface area contributed by atoms with E-state index in [-0.39, 0.29) is 24.9 Å². The molecular formula is C20H19NO5. The van der Waals surface area contributed by atoms with Crippen molar-refractivity contribution < 1.29 is 23.8 Å². The molecule has 3 aromatic rings. The maximum absolute atomic E-state index is 12.2. The van der Waals surface area contributed by atoms with Gasteiger partial charge in [-0.2, -0.15) is 4.98 Å². The molecule has 0 amide bonds. The van der Waals surface area contributed by atoms with E-state index in [0.717, 1.165) is 11.1 Å². The predicted molar refractivity (Wildman–Crippen MR) is 94.8 cm³/mol. The van der Waals surface area contributed by atoms with Gasteiger partial charge in [-0.1, -0.05) is 42.5 Å². The number of nitrogens with zero attached hydrogens (tertiary/aromatic N) is 1. The molecule has 2 aromatic carbocycles. The molecule has 0 bridgehead atoms. The van der Waals surface area contributed by atoms with Crippen molar-refractivity contribution in [2.24, 2.45) is 0 Å². The minimum atomic E-state index is -0.901. The van der Waals surface area contributed by atoms with Crippen molar-refractivity contribution in [3.8, 4) is 23.1 Å². The van der Waals surface area contributed by atoms with Crippen molar-refractivity contribution >= 4 is 5.97 Å². The van der Waals surface area contributed by atoms with Crippen molar-refractivity contribution in [2.45, 2.75) is 19.4 Å². The highest BCUT2D eigenvalue weighted by Crippen LogP contribution is 2.24. The summed E-state index contributed by atoms with van der Waals surface area (Å²) in [5, 5.41) is 9.38. The summed E-state index contributed by atoms with van der Waals surface area (Å²) in [5.74, 6) is 0.204. The van der Waals surface area contributed by atoms with Gasteiger partial charge >= 0.3 is 12.0 Å². The molecule has 134 valence electrons. The Morgan fingerprint density at radius 2 is 1.88 bits per heavy atom. The van der Waals surface area contributed by atoms with Crippen LogP contribution in [0.15, 0.2) is 65.2 Å². The summed E-state index contributed by atoms with van der Waals surface area (Å²) in [7, 11) is 0. The highest BCUT2D eigenvalue weighted by atomic mass is 16.6. The van der Waals surface area contributed by atoms with Crippen LogP contribution in [0.4, 0.5) is 0 Å². The Morgan fingerprint density at radius 1 is 1.15 bits per heavy atom. The quantitative estimate of drug-likeness (QED) is 0.654. The zero-order valence-electron chi connectivity index (χ0n) is 14.3. The molecule has 1 heterocycles. The van der Waals surface area contributed by atoms with Gasteiger partial charge in [-0.3, -0.25) is 0 Å². The van der Waals surface area contributed by atoms with Crippen LogP contribution in [-0.2, 0) is 16.0 Å². The van der Waals surface area contributed by atoms with Crippen molar-refractivity contribution in [2.75, 3.05) is 6.61 Å². The summed E-state index contributed by atoms with van der Waals surface area (Å²) in [6.07, 6.45) is 0.915. The van der Waals surface area contributed by atoms with Crippen LogP contribution in [0.25, 0.3) is 11.3 Å². The largest absolute Gasteiger partial charge is 0.508 e. The van der Waals surface area contributed by atoms with Crippen LogP contribution >= 0.6 is 0 Å². The third-order valence-electron chi connectivity index (χ3n) is 3.69. The molecule has 0 fully saturated rings. The van der Waals surface area contributed by atoms with E-state index >= 15 is 0 Å². The van der Waals surface area contributed by atoms with Crippen LogP contribution in [0.1, 0.15) is 12.5 Å². The SMILES string of the molecule is CCOC(=O)C(Cc1ccc(O)cc1)Oc1ncc(-c2ccccc2)o1. The molecule has 0 aliphatic carbocycles. The van der Waals surface area contributed by atoms with Gasteiger partial charge in [0.15, 0.2) is 5.76 Å². The number of ether oxygens (including phenoxy) is 2. The van der Waals surface area contributed by atoms with Crippen LogP contribution in [0.5, 0.6) is 11.8 Å². The third-order valence-corrected chi connectivity index (χ3v) is 3.69. The fourth-order valence-electron chi connectivity index (χ4n) is 2.42. The monoisotopic (exact) mass is 353 g/mol. The van der Waals surface area contributed by atoms with Crippen LogP contribution in [0, 0.1) is 0 Å². The summed E-state index contributed by atoms with van der Waals surface area (Å²) in [4.78, 5) is 16.3. The zero-order chi connectivity index (χ0) is 18.4.